The van der Waals surface area contributed by atoms with Crippen molar-refractivity contribution in [2.45, 2.75) is 12.8 Å². The molecule has 0 aromatic carbocycles. The van der Waals surface area contributed by atoms with Crippen molar-refractivity contribution < 1.29 is 0 Å². The van der Waals surface area contributed by atoms with E-state index in [0.29, 0.717) is 0 Å². The highest BCUT2D eigenvalue weighted by atomic mass is 15.2. The summed E-state index contributed by atoms with van der Waals surface area (Å²) in [5.74, 6) is 0. The summed E-state index contributed by atoms with van der Waals surface area (Å²) < 4.78 is 0. The Morgan fingerprint density at radius 3 is 3.30 bits per heavy atom. The molecule has 2 aliphatic rings. The van der Waals surface area contributed by atoms with Crippen LogP contribution < -0.4 is 5.73 Å². The Hall–Kier alpha value is -0.920. The van der Waals surface area contributed by atoms with E-state index in [9.17, 15) is 0 Å². The maximum absolute atomic E-state index is 5.65. The second kappa shape index (κ2) is 2.04. The van der Waals surface area contributed by atoms with Gasteiger partial charge in [-0.25, -0.2) is 0 Å². The molecule has 0 aliphatic carbocycles. The van der Waals surface area contributed by atoms with Crippen molar-refractivity contribution in [3.8, 4) is 0 Å². The topological polar surface area (TPSA) is 29.3 Å². The van der Waals surface area contributed by atoms with Crippen LogP contribution in [0.3, 0.4) is 0 Å². The molecule has 0 aromatic rings. The van der Waals surface area contributed by atoms with Gasteiger partial charge in [-0.05, 0) is 25.0 Å². The highest BCUT2D eigenvalue weighted by Gasteiger charge is 2.17. The van der Waals surface area contributed by atoms with Gasteiger partial charge < -0.3 is 10.6 Å². The molecule has 0 radical (unpaired) electrons. The molecule has 0 aromatic heterocycles. The predicted molar refractivity (Wildman–Crippen MR) is 41.2 cm³/mol. The highest BCUT2D eigenvalue weighted by molar-refractivity contribution is 5.26. The van der Waals surface area contributed by atoms with Crippen molar-refractivity contribution in [1.82, 2.24) is 4.90 Å². The molecule has 0 amide bonds. The fourth-order valence-corrected chi connectivity index (χ4v) is 1.59. The number of hydrogen-bond acceptors (Lipinski definition) is 2. The third-order valence-corrected chi connectivity index (χ3v) is 2.15. The van der Waals surface area contributed by atoms with E-state index in [0.717, 1.165) is 12.2 Å². The van der Waals surface area contributed by atoms with Crippen LogP contribution in [0.1, 0.15) is 12.8 Å². The van der Waals surface area contributed by atoms with Crippen LogP contribution >= 0.6 is 0 Å². The van der Waals surface area contributed by atoms with Gasteiger partial charge in [0.05, 0.1) is 0 Å². The SMILES string of the molecule is NC1=CCN2CCCC2=C1. The predicted octanol–water partition coefficient (Wildman–Crippen LogP) is 0.822. The summed E-state index contributed by atoms with van der Waals surface area (Å²) in [4.78, 5) is 2.39. The molecule has 2 rings (SSSR count). The van der Waals surface area contributed by atoms with Crippen molar-refractivity contribution in [3.05, 3.63) is 23.5 Å². The Balaban J connectivity index is 2.24. The Bertz CT molecular complexity index is 203. The zero-order valence-electron chi connectivity index (χ0n) is 6.01. The van der Waals surface area contributed by atoms with E-state index in [-0.39, 0.29) is 0 Å². The average molecular weight is 136 g/mol. The van der Waals surface area contributed by atoms with Crippen LogP contribution in [0.15, 0.2) is 23.5 Å². The molecule has 2 nitrogen and oxygen atoms in total. The minimum atomic E-state index is 0.938. The van der Waals surface area contributed by atoms with Crippen LogP contribution in [0.5, 0.6) is 0 Å². The Labute approximate surface area is 61.0 Å². The van der Waals surface area contributed by atoms with Gasteiger partial charge in [0.2, 0.25) is 0 Å². The van der Waals surface area contributed by atoms with E-state index in [4.69, 9.17) is 5.73 Å². The molecule has 1 saturated heterocycles. The molecule has 0 spiro atoms. The smallest absolute Gasteiger partial charge is 0.0379 e. The maximum Gasteiger partial charge on any atom is 0.0379 e. The normalized spacial score (nSPS) is 23.8. The first-order chi connectivity index (χ1) is 4.86. The van der Waals surface area contributed by atoms with Gasteiger partial charge in [-0.3, -0.25) is 0 Å². The Kier molecular flexibility index (Phi) is 1.19. The lowest BCUT2D eigenvalue weighted by atomic mass is 10.2. The second-order valence-corrected chi connectivity index (χ2v) is 2.89. The zero-order valence-corrected chi connectivity index (χ0v) is 6.01. The van der Waals surface area contributed by atoms with Crippen LogP contribution in [0, 0.1) is 0 Å². The zero-order chi connectivity index (χ0) is 6.97. The van der Waals surface area contributed by atoms with Gasteiger partial charge in [-0.15, -0.1) is 0 Å². The van der Waals surface area contributed by atoms with E-state index < -0.39 is 0 Å². The van der Waals surface area contributed by atoms with Gasteiger partial charge in [0, 0.05) is 24.5 Å². The molecule has 0 bridgehead atoms. The molecule has 2 aliphatic heterocycles. The van der Waals surface area contributed by atoms with Crippen LogP contribution in [0.4, 0.5) is 0 Å². The Morgan fingerprint density at radius 2 is 2.40 bits per heavy atom. The summed E-state index contributed by atoms with van der Waals surface area (Å²) >= 11 is 0. The third kappa shape index (κ3) is 0.801. The van der Waals surface area contributed by atoms with Gasteiger partial charge in [-0.1, -0.05) is 0 Å². The number of allylic oxidation sites excluding steroid dienone is 2. The first-order valence-corrected chi connectivity index (χ1v) is 3.77. The molecular weight excluding hydrogens is 124 g/mol. The Morgan fingerprint density at radius 1 is 1.50 bits per heavy atom. The molecule has 10 heavy (non-hydrogen) atoms. The maximum atomic E-state index is 5.65. The number of rotatable bonds is 0. The molecule has 54 valence electrons. The quantitative estimate of drug-likeness (QED) is 0.534. The first kappa shape index (κ1) is 5.83. The summed E-state index contributed by atoms with van der Waals surface area (Å²) in [5.41, 5.74) is 8.02. The largest absolute Gasteiger partial charge is 0.399 e. The lowest BCUT2D eigenvalue weighted by Gasteiger charge is -2.21. The molecule has 2 N–H and O–H groups in total. The second-order valence-electron chi connectivity index (χ2n) is 2.89. The summed E-state index contributed by atoms with van der Waals surface area (Å²) in [5, 5.41) is 0. The molecule has 2 heterocycles. The average Bonchev–Trinajstić information content (AvgIpc) is 2.33. The molecule has 0 atom stereocenters. The van der Waals surface area contributed by atoms with Crippen molar-refractivity contribution >= 4 is 0 Å². The van der Waals surface area contributed by atoms with E-state index >= 15 is 0 Å². The van der Waals surface area contributed by atoms with E-state index in [1.54, 1.807) is 0 Å². The van der Waals surface area contributed by atoms with Crippen LogP contribution in [-0.4, -0.2) is 18.0 Å². The summed E-state index contributed by atoms with van der Waals surface area (Å²) in [6.45, 7) is 2.24. The number of hydrogen-bond donors (Lipinski definition) is 1. The summed E-state index contributed by atoms with van der Waals surface area (Å²) in [6.07, 6.45) is 6.69. The highest BCUT2D eigenvalue weighted by Crippen LogP contribution is 2.23. The van der Waals surface area contributed by atoms with Crippen molar-refractivity contribution in [3.63, 3.8) is 0 Å². The van der Waals surface area contributed by atoms with Crippen molar-refractivity contribution in [2.75, 3.05) is 13.1 Å². The van der Waals surface area contributed by atoms with Crippen LogP contribution in [0.25, 0.3) is 0 Å². The molecule has 1 fully saturated rings. The van der Waals surface area contributed by atoms with Crippen molar-refractivity contribution in [2.24, 2.45) is 5.73 Å². The molecule has 0 saturated carbocycles. The van der Waals surface area contributed by atoms with Crippen LogP contribution in [-0.2, 0) is 0 Å². The summed E-state index contributed by atoms with van der Waals surface area (Å²) in [6, 6.07) is 0. The van der Waals surface area contributed by atoms with Gasteiger partial charge in [0.1, 0.15) is 0 Å². The van der Waals surface area contributed by atoms with E-state index in [2.05, 4.69) is 17.1 Å². The van der Waals surface area contributed by atoms with E-state index in [1.165, 1.54) is 25.1 Å². The third-order valence-electron chi connectivity index (χ3n) is 2.15. The number of fused-ring (bicyclic) bond motifs is 1. The number of nitrogens with zero attached hydrogens (tertiary/aromatic N) is 1. The van der Waals surface area contributed by atoms with Gasteiger partial charge >= 0.3 is 0 Å². The number of nitrogens with two attached hydrogens (primary N) is 1. The molecule has 0 unspecified atom stereocenters. The lowest BCUT2D eigenvalue weighted by molar-refractivity contribution is 0.430. The molecule has 2 heteroatoms. The monoisotopic (exact) mass is 136 g/mol. The molecular formula is C8H12N2. The fraction of sp³-hybridized carbons (Fsp3) is 0.500. The summed E-state index contributed by atoms with van der Waals surface area (Å²) in [7, 11) is 0. The first-order valence-electron chi connectivity index (χ1n) is 3.77. The van der Waals surface area contributed by atoms with Gasteiger partial charge in [0.15, 0.2) is 0 Å². The fourth-order valence-electron chi connectivity index (χ4n) is 1.59. The van der Waals surface area contributed by atoms with Gasteiger partial charge in [-0.2, -0.15) is 0 Å². The lowest BCUT2D eigenvalue weighted by Crippen LogP contribution is -2.22. The van der Waals surface area contributed by atoms with Crippen molar-refractivity contribution in [1.29, 1.82) is 0 Å². The standard InChI is InChI=1S/C8H12N2/c9-7-3-5-10-4-1-2-8(10)6-7/h3,6H,1-2,4-5,9H2. The minimum Gasteiger partial charge on any atom is -0.399 e. The van der Waals surface area contributed by atoms with Gasteiger partial charge in [0.25, 0.3) is 0 Å². The minimum absolute atomic E-state index is 0.938. The van der Waals surface area contributed by atoms with Crippen LogP contribution in [0.2, 0.25) is 0 Å². The van der Waals surface area contributed by atoms with E-state index in [1.807, 2.05) is 0 Å².